The first kappa shape index (κ1) is 14.2. The van der Waals surface area contributed by atoms with Crippen molar-refractivity contribution < 1.29 is 14.0 Å². The van der Waals surface area contributed by atoms with Crippen LogP contribution in [0.3, 0.4) is 0 Å². The number of nitrogens with two attached hydrogens (primary N) is 1. The number of anilines is 1. The van der Waals surface area contributed by atoms with Crippen molar-refractivity contribution in [2.75, 3.05) is 20.0 Å². The Morgan fingerprint density at radius 3 is 2.60 bits per heavy atom. The summed E-state index contributed by atoms with van der Waals surface area (Å²) in [5.41, 5.74) is 8.33. The van der Waals surface area contributed by atoms with Gasteiger partial charge in [-0.1, -0.05) is 19.0 Å². The summed E-state index contributed by atoms with van der Waals surface area (Å²) in [7, 11) is 3.24. The van der Waals surface area contributed by atoms with E-state index in [1.807, 2.05) is 18.2 Å². The zero-order valence-electron chi connectivity index (χ0n) is 12.3. The van der Waals surface area contributed by atoms with Crippen molar-refractivity contribution in [3.63, 3.8) is 0 Å². The second kappa shape index (κ2) is 5.86. The van der Waals surface area contributed by atoms with Crippen molar-refractivity contribution in [1.29, 1.82) is 0 Å². The van der Waals surface area contributed by atoms with Gasteiger partial charge in [0.2, 0.25) is 5.88 Å². The molecule has 2 aromatic rings. The van der Waals surface area contributed by atoms with Gasteiger partial charge in [0.15, 0.2) is 0 Å². The Bertz CT molecular complexity index is 591. The SMILES string of the molecule is COc1ccc(OC)c(-c2noc(N)c2CC(C)C)c1. The van der Waals surface area contributed by atoms with Crippen molar-refractivity contribution >= 4 is 5.88 Å². The third-order valence-corrected chi connectivity index (χ3v) is 3.09. The van der Waals surface area contributed by atoms with E-state index in [1.165, 1.54) is 0 Å². The number of hydrogen-bond acceptors (Lipinski definition) is 5. The van der Waals surface area contributed by atoms with Gasteiger partial charge in [-0.15, -0.1) is 0 Å². The summed E-state index contributed by atoms with van der Waals surface area (Å²) in [5, 5.41) is 4.09. The maximum Gasteiger partial charge on any atom is 0.225 e. The number of aromatic nitrogens is 1. The molecule has 0 aliphatic rings. The van der Waals surface area contributed by atoms with E-state index in [4.69, 9.17) is 19.7 Å². The summed E-state index contributed by atoms with van der Waals surface area (Å²) in [6.07, 6.45) is 0.797. The molecule has 2 N–H and O–H groups in total. The first-order chi connectivity index (χ1) is 9.56. The van der Waals surface area contributed by atoms with E-state index in [9.17, 15) is 0 Å². The summed E-state index contributed by atoms with van der Waals surface area (Å²) in [6, 6.07) is 5.56. The van der Waals surface area contributed by atoms with E-state index in [-0.39, 0.29) is 0 Å². The second-order valence-electron chi connectivity index (χ2n) is 5.04. The molecule has 1 heterocycles. The first-order valence-electron chi connectivity index (χ1n) is 6.53. The zero-order valence-corrected chi connectivity index (χ0v) is 12.3. The fourth-order valence-electron chi connectivity index (χ4n) is 2.14. The van der Waals surface area contributed by atoms with E-state index >= 15 is 0 Å². The van der Waals surface area contributed by atoms with Crippen LogP contribution in [0.2, 0.25) is 0 Å². The Hall–Kier alpha value is -2.17. The zero-order chi connectivity index (χ0) is 14.7. The molecule has 0 saturated heterocycles. The largest absolute Gasteiger partial charge is 0.497 e. The van der Waals surface area contributed by atoms with Gasteiger partial charge in [0.1, 0.15) is 17.2 Å². The number of nitrogens with zero attached hydrogens (tertiary/aromatic N) is 1. The summed E-state index contributed by atoms with van der Waals surface area (Å²) >= 11 is 0. The number of ether oxygens (including phenoxy) is 2. The van der Waals surface area contributed by atoms with Crippen LogP contribution in [0.1, 0.15) is 19.4 Å². The standard InChI is InChI=1S/C15H20N2O3/c1-9(2)7-12-14(17-20-15(12)16)11-8-10(18-3)5-6-13(11)19-4/h5-6,8-9H,7,16H2,1-4H3. The molecule has 1 aromatic heterocycles. The fourth-order valence-corrected chi connectivity index (χ4v) is 2.14. The molecule has 5 heteroatoms. The molecule has 2 rings (SSSR count). The molecule has 5 nitrogen and oxygen atoms in total. The van der Waals surface area contributed by atoms with Crippen molar-refractivity contribution in [2.24, 2.45) is 5.92 Å². The summed E-state index contributed by atoms with van der Waals surface area (Å²) in [5.74, 6) is 2.26. The van der Waals surface area contributed by atoms with Gasteiger partial charge in [-0.2, -0.15) is 0 Å². The van der Waals surface area contributed by atoms with Gasteiger partial charge in [0, 0.05) is 11.1 Å². The molecule has 1 aromatic carbocycles. The van der Waals surface area contributed by atoms with Gasteiger partial charge in [0.05, 0.1) is 14.2 Å². The van der Waals surface area contributed by atoms with Gasteiger partial charge in [-0.3, -0.25) is 0 Å². The van der Waals surface area contributed by atoms with Crippen molar-refractivity contribution in [3.05, 3.63) is 23.8 Å². The van der Waals surface area contributed by atoms with Crippen LogP contribution in [-0.2, 0) is 6.42 Å². The molecule has 0 unspecified atom stereocenters. The molecule has 0 aliphatic heterocycles. The molecule has 0 spiro atoms. The van der Waals surface area contributed by atoms with Crippen molar-refractivity contribution in [1.82, 2.24) is 5.16 Å². The lowest BCUT2D eigenvalue weighted by Crippen LogP contribution is -1.99. The van der Waals surface area contributed by atoms with Crippen LogP contribution in [0, 0.1) is 5.92 Å². The Balaban J connectivity index is 2.55. The molecule has 0 aliphatic carbocycles. The van der Waals surface area contributed by atoms with Gasteiger partial charge < -0.3 is 19.7 Å². The number of rotatable bonds is 5. The maximum atomic E-state index is 5.89. The Morgan fingerprint density at radius 1 is 1.25 bits per heavy atom. The monoisotopic (exact) mass is 276 g/mol. The van der Waals surface area contributed by atoms with Gasteiger partial charge in [0.25, 0.3) is 0 Å². The molecule has 0 bridgehead atoms. The molecular formula is C15H20N2O3. The number of methoxy groups -OCH3 is 2. The lowest BCUT2D eigenvalue weighted by atomic mass is 9.98. The van der Waals surface area contributed by atoms with Gasteiger partial charge in [-0.05, 0) is 30.5 Å². The van der Waals surface area contributed by atoms with E-state index in [1.54, 1.807) is 14.2 Å². The number of nitrogen functional groups attached to an aromatic ring is 1. The van der Waals surface area contributed by atoms with Gasteiger partial charge in [-0.25, -0.2) is 0 Å². The van der Waals surface area contributed by atoms with Crippen LogP contribution in [0.4, 0.5) is 5.88 Å². The second-order valence-corrected chi connectivity index (χ2v) is 5.04. The minimum absolute atomic E-state index is 0.360. The first-order valence-corrected chi connectivity index (χ1v) is 6.53. The minimum Gasteiger partial charge on any atom is -0.497 e. The molecule has 0 saturated carbocycles. The Kier molecular flexibility index (Phi) is 4.17. The third kappa shape index (κ3) is 2.71. The Labute approximate surface area is 118 Å². The molecule has 0 radical (unpaired) electrons. The summed E-state index contributed by atoms with van der Waals surface area (Å²) in [4.78, 5) is 0. The normalized spacial score (nSPS) is 10.8. The predicted molar refractivity (Wildman–Crippen MR) is 78.0 cm³/mol. The van der Waals surface area contributed by atoms with E-state index in [0.717, 1.165) is 23.3 Å². The average molecular weight is 276 g/mol. The topological polar surface area (TPSA) is 70.5 Å². The maximum absolute atomic E-state index is 5.89. The van der Waals surface area contributed by atoms with Crippen LogP contribution in [0.5, 0.6) is 11.5 Å². The summed E-state index contributed by atoms with van der Waals surface area (Å²) < 4.78 is 15.8. The molecule has 20 heavy (non-hydrogen) atoms. The molecule has 0 atom stereocenters. The highest BCUT2D eigenvalue weighted by molar-refractivity contribution is 5.74. The smallest absolute Gasteiger partial charge is 0.225 e. The lowest BCUT2D eigenvalue weighted by Gasteiger charge is -2.10. The predicted octanol–water partition coefficient (Wildman–Crippen LogP) is 3.14. The molecule has 108 valence electrons. The van der Waals surface area contributed by atoms with Crippen LogP contribution >= 0.6 is 0 Å². The highest BCUT2D eigenvalue weighted by Gasteiger charge is 2.20. The van der Waals surface area contributed by atoms with Crippen molar-refractivity contribution in [3.8, 4) is 22.8 Å². The van der Waals surface area contributed by atoms with Crippen LogP contribution in [-0.4, -0.2) is 19.4 Å². The van der Waals surface area contributed by atoms with Crippen LogP contribution < -0.4 is 15.2 Å². The van der Waals surface area contributed by atoms with E-state index in [0.29, 0.717) is 23.2 Å². The Morgan fingerprint density at radius 2 is 2.00 bits per heavy atom. The third-order valence-electron chi connectivity index (χ3n) is 3.09. The number of hydrogen-bond donors (Lipinski definition) is 1. The average Bonchev–Trinajstić information content (AvgIpc) is 2.79. The quantitative estimate of drug-likeness (QED) is 0.908. The molecule has 0 fully saturated rings. The fraction of sp³-hybridized carbons (Fsp3) is 0.400. The van der Waals surface area contributed by atoms with E-state index < -0.39 is 0 Å². The van der Waals surface area contributed by atoms with Crippen LogP contribution in [0.15, 0.2) is 22.7 Å². The lowest BCUT2D eigenvalue weighted by molar-refractivity contribution is 0.403. The van der Waals surface area contributed by atoms with Crippen molar-refractivity contribution in [2.45, 2.75) is 20.3 Å². The van der Waals surface area contributed by atoms with Crippen LogP contribution in [0.25, 0.3) is 11.3 Å². The highest BCUT2D eigenvalue weighted by Crippen LogP contribution is 2.37. The molecule has 0 amide bonds. The highest BCUT2D eigenvalue weighted by atomic mass is 16.5. The van der Waals surface area contributed by atoms with Gasteiger partial charge >= 0.3 is 0 Å². The van der Waals surface area contributed by atoms with E-state index in [2.05, 4.69) is 19.0 Å². The molecular weight excluding hydrogens is 256 g/mol. The number of benzene rings is 1. The summed E-state index contributed by atoms with van der Waals surface area (Å²) in [6.45, 7) is 4.25. The minimum atomic E-state index is 0.360.